The normalized spacial score (nSPS) is 27.2. The zero-order valence-electron chi connectivity index (χ0n) is 17.0. The van der Waals surface area contributed by atoms with Crippen LogP contribution in [-0.2, 0) is 4.79 Å². The topological polar surface area (TPSA) is 33.5 Å². The molecule has 1 aliphatic heterocycles. The van der Waals surface area contributed by atoms with Crippen LogP contribution >= 0.6 is 11.3 Å². The highest BCUT2D eigenvalue weighted by molar-refractivity contribution is 7.10. The maximum atomic E-state index is 12.9. The first-order valence-corrected chi connectivity index (χ1v) is 11.4. The first-order valence-electron chi connectivity index (χ1n) is 10.5. The van der Waals surface area contributed by atoms with Gasteiger partial charge in [0.2, 0.25) is 5.91 Å². The van der Waals surface area contributed by atoms with Crippen LogP contribution in [0.5, 0.6) is 0 Å². The average Bonchev–Trinajstić information content (AvgIpc) is 3.29. The number of nitrogens with one attached hydrogen (secondary N) is 2. The maximum Gasteiger partial charge on any atom is 0.223 e. The second-order valence-corrected chi connectivity index (χ2v) is 10.5. The number of amides is 1. The third kappa shape index (κ3) is 4.69. The fourth-order valence-electron chi connectivity index (χ4n) is 5.06. The Hall–Kier alpha value is -0.870. The van der Waals surface area contributed by atoms with E-state index in [9.17, 15) is 4.79 Å². The molecule has 2 aliphatic rings. The highest BCUT2D eigenvalue weighted by Crippen LogP contribution is 2.39. The van der Waals surface area contributed by atoms with Gasteiger partial charge >= 0.3 is 0 Å². The number of carbonyl (C=O) groups excluding carboxylic acids is 1. The molecule has 26 heavy (non-hydrogen) atoms. The molecule has 1 saturated carbocycles. The molecule has 0 bridgehead atoms. The summed E-state index contributed by atoms with van der Waals surface area (Å²) >= 11 is 1.84. The van der Waals surface area contributed by atoms with Crippen LogP contribution in [0.15, 0.2) is 17.5 Å². The third-order valence-electron chi connectivity index (χ3n) is 6.73. The molecule has 146 valence electrons. The van der Waals surface area contributed by atoms with Crippen molar-refractivity contribution in [1.82, 2.24) is 5.32 Å². The average molecular weight is 378 g/mol. The lowest BCUT2D eigenvalue weighted by atomic mass is 9.69. The Kier molecular flexibility index (Phi) is 6.45. The molecule has 2 heterocycles. The van der Waals surface area contributed by atoms with Gasteiger partial charge < -0.3 is 10.2 Å². The Morgan fingerprint density at radius 2 is 1.85 bits per heavy atom. The van der Waals surface area contributed by atoms with Crippen molar-refractivity contribution in [2.45, 2.75) is 78.3 Å². The third-order valence-corrected chi connectivity index (χ3v) is 7.68. The van der Waals surface area contributed by atoms with Crippen molar-refractivity contribution in [3.05, 3.63) is 22.4 Å². The van der Waals surface area contributed by atoms with Crippen molar-refractivity contribution in [2.24, 2.45) is 17.3 Å². The minimum absolute atomic E-state index is 0.203. The van der Waals surface area contributed by atoms with Crippen LogP contribution in [0, 0.1) is 17.3 Å². The quantitative estimate of drug-likeness (QED) is 0.803. The lowest BCUT2D eigenvalue weighted by Gasteiger charge is -2.37. The molecule has 1 aromatic heterocycles. The first-order chi connectivity index (χ1) is 12.4. The number of rotatable bonds is 5. The number of thiophene rings is 1. The highest BCUT2D eigenvalue weighted by Gasteiger charge is 2.36. The molecule has 0 spiro atoms. The first kappa shape index (κ1) is 19.9. The smallest absolute Gasteiger partial charge is 0.223 e. The molecule has 2 N–H and O–H groups in total. The number of hydrogen-bond donors (Lipinski definition) is 2. The molecule has 1 aromatic rings. The summed E-state index contributed by atoms with van der Waals surface area (Å²) in [4.78, 5) is 16.0. The molecule has 3 rings (SSSR count). The van der Waals surface area contributed by atoms with Crippen molar-refractivity contribution in [2.75, 3.05) is 13.1 Å². The fourth-order valence-corrected chi connectivity index (χ4v) is 6.05. The number of quaternary nitrogens is 1. The van der Waals surface area contributed by atoms with E-state index in [1.807, 2.05) is 11.3 Å². The second-order valence-electron chi connectivity index (χ2n) is 9.57. The molecule has 0 aromatic carbocycles. The van der Waals surface area contributed by atoms with Crippen molar-refractivity contribution >= 4 is 17.2 Å². The largest absolute Gasteiger partial charge is 0.347 e. The summed E-state index contributed by atoms with van der Waals surface area (Å²) in [6.45, 7) is 11.7. The highest BCUT2D eigenvalue weighted by atomic mass is 32.1. The second kappa shape index (κ2) is 8.43. The Morgan fingerprint density at radius 1 is 1.19 bits per heavy atom. The van der Waals surface area contributed by atoms with Gasteiger partial charge in [-0.05, 0) is 55.4 Å². The monoisotopic (exact) mass is 377 g/mol. The molecule has 1 amide bonds. The lowest BCUT2D eigenvalue weighted by molar-refractivity contribution is -0.920. The number of likely N-dealkylation sites (tertiary alicyclic amines) is 1. The molecular formula is C22H37N2OS+. The molecule has 2 fully saturated rings. The van der Waals surface area contributed by atoms with E-state index < -0.39 is 0 Å². The Balaban J connectivity index is 1.59. The Labute approximate surface area is 163 Å². The standard InChI is InChI=1S/C22H36N2OS/c1-16(20(19-8-7-15-26-19)24-13-5-6-14-24)23-21(25)17-9-11-18(12-10-17)22(2,3)4/h7-8,15-18,20H,5-6,9-14H2,1-4H3,(H,23,25)/p+1/t16-,17?,18?,20+/m0/s1. The van der Waals surface area contributed by atoms with Crippen LogP contribution in [0.25, 0.3) is 0 Å². The van der Waals surface area contributed by atoms with Crippen LogP contribution in [0.1, 0.15) is 77.1 Å². The van der Waals surface area contributed by atoms with Crippen LogP contribution in [0.4, 0.5) is 0 Å². The summed E-state index contributed by atoms with van der Waals surface area (Å²) in [6.07, 6.45) is 7.13. The van der Waals surface area contributed by atoms with Gasteiger partial charge in [0.25, 0.3) is 0 Å². The molecule has 0 unspecified atom stereocenters. The lowest BCUT2D eigenvalue weighted by Crippen LogP contribution is -3.11. The van der Waals surface area contributed by atoms with E-state index in [0.29, 0.717) is 17.4 Å². The molecule has 4 heteroatoms. The van der Waals surface area contributed by atoms with Crippen molar-refractivity contribution in [3.63, 3.8) is 0 Å². The summed E-state index contributed by atoms with van der Waals surface area (Å²) < 4.78 is 0. The zero-order valence-corrected chi connectivity index (χ0v) is 17.8. The van der Waals surface area contributed by atoms with Crippen molar-refractivity contribution in [3.8, 4) is 0 Å². The maximum absolute atomic E-state index is 12.9. The van der Waals surface area contributed by atoms with Crippen molar-refractivity contribution < 1.29 is 9.69 Å². The van der Waals surface area contributed by atoms with Gasteiger partial charge in [0.15, 0.2) is 0 Å². The predicted octanol–water partition coefficient (Wildman–Crippen LogP) is 3.83. The van der Waals surface area contributed by atoms with Crippen LogP contribution < -0.4 is 10.2 Å². The summed E-state index contributed by atoms with van der Waals surface area (Å²) in [5.74, 6) is 1.27. The van der Waals surface area contributed by atoms with Crippen LogP contribution in [0.3, 0.4) is 0 Å². The van der Waals surface area contributed by atoms with E-state index in [1.165, 1.54) is 43.6 Å². The molecule has 3 nitrogen and oxygen atoms in total. The SMILES string of the molecule is C[C@H](NC(=O)C1CCC(C(C)(C)C)CC1)[C@H](c1cccs1)[NH+]1CCCC1. The molecule has 1 aliphatic carbocycles. The summed E-state index contributed by atoms with van der Waals surface area (Å²) in [6, 6.07) is 5.00. The number of hydrogen-bond acceptors (Lipinski definition) is 2. The zero-order chi connectivity index (χ0) is 18.7. The number of carbonyl (C=O) groups is 1. The van der Waals surface area contributed by atoms with E-state index in [2.05, 4.69) is 50.5 Å². The fraction of sp³-hybridized carbons (Fsp3) is 0.773. The van der Waals surface area contributed by atoms with Gasteiger partial charge in [-0.1, -0.05) is 26.8 Å². The van der Waals surface area contributed by atoms with E-state index in [0.717, 1.165) is 18.8 Å². The van der Waals surface area contributed by atoms with Gasteiger partial charge in [0.1, 0.15) is 6.04 Å². The minimum atomic E-state index is 0.203. The molecular weight excluding hydrogens is 340 g/mol. The Bertz CT molecular complexity index is 563. The van der Waals surface area contributed by atoms with Gasteiger partial charge in [0, 0.05) is 18.8 Å². The van der Waals surface area contributed by atoms with Gasteiger partial charge in [-0.2, -0.15) is 0 Å². The van der Waals surface area contributed by atoms with E-state index in [4.69, 9.17) is 0 Å². The molecule has 1 saturated heterocycles. The predicted molar refractivity (Wildman–Crippen MR) is 109 cm³/mol. The Morgan fingerprint density at radius 3 is 2.38 bits per heavy atom. The van der Waals surface area contributed by atoms with Crippen LogP contribution in [0.2, 0.25) is 0 Å². The molecule has 0 radical (unpaired) electrons. The van der Waals surface area contributed by atoms with Crippen LogP contribution in [-0.4, -0.2) is 25.0 Å². The van der Waals surface area contributed by atoms with Gasteiger partial charge in [-0.3, -0.25) is 4.79 Å². The van der Waals surface area contributed by atoms with Gasteiger partial charge in [0.05, 0.1) is 24.0 Å². The van der Waals surface area contributed by atoms with Gasteiger partial charge in [-0.15, -0.1) is 11.3 Å². The van der Waals surface area contributed by atoms with E-state index >= 15 is 0 Å². The summed E-state index contributed by atoms with van der Waals surface area (Å²) in [5, 5.41) is 5.58. The van der Waals surface area contributed by atoms with E-state index in [-0.39, 0.29) is 12.0 Å². The van der Waals surface area contributed by atoms with E-state index in [1.54, 1.807) is 4.90 Å². The minimum Gasteiger partial charge on any atom is -0.347 e. The summed E-state index contributed by atoms with van der Waals surface area (Å²) in [7, 11) is 0. The van der Waals surface area contributed by atoms with Gasteiger partial charge in [-0.25, -0.2) is 0 Å². The summed E-state index contributed by atoms with van der Waals surface area (Å²) in [5.41, 5.74) is 0.373. The van der Waals surface area contributed by atoms with Crippen molar-refractivity contribution in [1.29, 1.82) is 0 Å². The molecule has 2 atom stereocenters.